The summed E-state index contributed by atoms with van der Waals surface area (Å²) in [5, 5.41) is 6.99. The number of rotatable bonds is 6. The topological polar surface area (TPSA) is 80.6 Å². The van der Waals surface area contributed by atoms with E-state index in [9.17, 15) is 9.59 Å². The molecule has 0 unspecified atom stereocenters. The van der Waals surface area contributed by atoms with E-state index in [0.29, 0.717) is 25.3 Å². The fourth-order valence-electron chi connectivity index (χ4n) is 3.99. The van der Waals surface area contributed by atoms with Gasteiger partial charge in [0, 0.05) is 36.8 Å². The Morgan fingerprint density at radius 3 is 2.71 bits per heavy atom. The van der Waals surface area contributed by atoms with Crippen LogP contribution in [0.3, 0.4) is 0 Å². The fourth-order valence-corrected chi connectivity index (χ4v) is 4.76. The highest BCUT2D eigenvalue weighted by molar-refractivity contribution is 7.13. The van der Waals surface area contributed by atoms with E-state index in [1.807, 2.05) is 69.1 Å². The Bertz CT molecular complexity index is 1130. The van der Waals surface area contributed by atoms with E-state index in [2.05, 4.69) is 10.1 Å². The number of carbonyl (C=O) groups is 2. The molecule has 2 aromatic heterocycles. The van der Waals surface area contributed by atoms with Gasteiger partial charge in [-0.25, -0.2) is 14.5 Å². The molecule has 1 aliphatic heterocycles. The molecule has 3 heterocycles. The molecule has 180 valence electrons. The standard InChI is InChI=1S/C25H31N5O3S/c1-5-12-29(20-11-13-28(16-20)24(32)33-25(2,3)4)23(31)21-17-34-22(27-21)18-14-26-30(15-18)19-9-7-6-8-10-19/h6-10,14-15,17,20H,5,11-13,16H2,1-4H3/t20-/m1/s1. The van der Waals surface area contributed by atoms with Crippen LogP contribution in [-0.2, 0) is 4.74 Å². The lowest BCUT2D eigenvalue weighted by Crippen LogP contribution is -2.44. The number of carbonyl (C=O) groups excluding carboxylic acids is 2. The van der Waals surface area contributed by atoms with Crippen molar-refractivity contribution >= 4 is 23.3 Å². The van der Waals surface area contributed by atoms with Crippen LogP contribution in [0.2, 0.25) is 0 Å². The fraction of sp³-hybridized carbons (Fsp3) is 0.440. The van der Waals surface area contributed by atoms with Crippen molar-refractivity contribution in [1.29, 1.82) is 0 Å². The first kappa shape index (κ1) is 23.9. The van der Waals surface area contributed by atoms with Gasteiger partial charge in [0.15, 0.2) is 0 Å². The number of likely N-dealkylation sites (tertiary alicyclic amines) is 1. The van der Waals surface area contributed by atoms with Gasteiger partial charge in [-0.1, -0.05) is 25.1 Å². The van der Waals surface area contributed by atoms with Gasteiger partial charge in [-0.2, -0.15) is 5.10 Å². The molecule has 1 atom stereocenters. The maximum absolute atomic E-state index is 13.4. The van der Waals surface area contributed by atoms with Crippen molar-refractivity contribution in [3.8, 4) is 16.3 Å². The zero-order chi connectivity index (χ0) is 24.3. The summed E-state index contributed by atoms with van der Waals surface area (Å²) in [6.45, 7) is 9.28. The number of hydrogen-bond donors (Lipinski definition) is 0. The number of amides is 2. The van der Waals surface area contributed by atoms with Crippen molar-refractivity contribution in [3.05, 3.63) is 53.8 Å². The highest BCUT2D eigenvalue weighted by atomic mass is 32.1. The average molecular weight is 482 g/mol. The smallest absolute Gasteiger partial charge is 0.410 e. The van der Waals surface area contributed by atoms with Gasteiger partial charge >= 0.3 is 6.09 Å². The third-order valence-electron chi connectivity index (χ3n) is 5.55. The van der Waals surface area contributed by atoms with Crippen LogP contribution >= 0.6 is 11.3 Å². The molecule has 3 aromatic rings. The second-order valence-corrected chi connectivity index (χ2v) is 10.3. The zero-order valence-corrected chi connectivity index (χ0v) is 20.9. The molecule has 2 amide bonds. The van der Waals surface area contributed by atoms with Gasteiger partial charge in [0.2, 0.25) is 0 Å². The maximum atomic E-state index is 13.4. The molecule has 0 aliphatic carbocycles. The molecule has 0 saturated carbocycles. The van der Waals surface area contributed by atoms with Crippen molar-refractivity contribution in [3.63, 3.8) is 0 Å². The van der Waals surface area contributed by atoms with Crippen molar-refractivity contribution in [1.82, 2.24) is 24.6 Å². The van der Waals surface area contributed by atoms with Gasteiger partial charge in [-0.15, -0.1) is 11.3 Å². The highest BCUT2D eigenvalue weighted by Gasteiger charge is 2.35. The molecular weight excluding hydrogens is 450 g/mol. The summed E-state index contributed by atoms with van der Waals surface area (Å²) in [5.41, 5.74) is 1.72. The first-order valence-corrected chi connectivity index (χ1v) is 12.5. The van der Waals surface area contributed by atoms with Crippen molar-refractivity contribution in [2.45, 2.75) is 52.2 Å². The van der Waals surface area contributed by atoms with E-state index in [4.69, 9.17) is 4.74 Å². The Morgan fingerprint density at radius 1 is 1.24 bits per heavy atom. The van der Waals surface area contributed by atoms with Crippen molar-refractivity contribution < 1.29 is 14.3 Å². The number of benzene rings is 1. The minimum Gasteiger partial charge on any atom is -0.444 e. The first-order valence-electron chi connectivity index (χ1n) is 11.6. The number of ether oxygens (including phenoxy) is 1. The van der Waals surface area contributed by atoms with Gasteiger partial charge in [0.05, 0.1) is 17.9 Å². The second-order valence-electron chi connectivity index (χ2n) is 9.41. The lowest BCUT2D eigenvalue weighted by Gasteiger charge is -2.29. The average Bonchev–Trinajstić information content (AvgIpc) is 3.56. The van der Waals surface area contributed by atoms with Crippen LogP contribution in [0, 0.1) is 0 Å². The largest absolute Gasteiger partial charge is 0.444 e. The summed E-state index contributed by atoms with van der Waals surface area (Å²) < 4.78 is 7.30. The number of para-hydroxylation sites is 1. The van der Waals surface area contributed by atoms with Crippen molar-refractivity contribution in [2.24, 2.45) is 0 Å². The molecule has 0 spiro atoms. The Kier molecular flexibility index (Phi) is 7.02. The van der Waals surface area contributed by atoms with Gasteiger partial charge in [0.25, 0.3) is 5.91 Å². The van der Waals surface area contributed by atoms with E-state index in [1.54, 1.807) is 21.2 Å². The molecule has 1 fully saturated rings. The Morgan fingerprint density at radius 2 is 2.00 bits per heavy atom. The number of thiazole rings is 1. The third-order valence-corrected chi connectivity index (χ3v) is 6.45. The molecule has 0 radical (unpaired) electrons. The molecule has 0 bridgehead atoms. The molecular formula is C25H31N5O3S. The van der Waals surface area contributed by atoms with Gasteiger partial charge in [-0.05, 0) is 45.7 Å². The van der Waals surface area contributed by atoms with E-state index >= 15 is 0 Å². The zero-order valence-electron chi connectivity index (χ0n) is 20.1. The third kappa shape index (κ3) is 5.47. The van der Waals surface area contributed by atoms with E-state index in [-0.39, 0.29) is 18.0 Å². The minimum atomic E-state index is -0.542. The van der Waals surface area contributed by atoms with Crippen LogP contribution < -0.4 is 0 Å². The van der Waals surface area contributed by atoms with Gasteiger partial charge < -0.3 is 14.5 Å². The molecule has 0 N–H and O–H groups in total. The summed E-state index contributed by atoms with van der Waals surface area (Å²) in [7, 11) is 0. The monoisotopic (exact) mass is 481 g/mol. The van der Waals surface area contributed by atoms with Crippen LogP contribution in [0.4, 0.5) is 4.79 Å². The van der Waals surface area contributed by atoms with Crippen LogP contribution in [0.15, 0.2) is 48.1 Å². The molecule has 4 rings (SSSR count). The van der Waals surface area contributed by atoms with E-state index in [0.717, 1.165) is 29.1 Å². The molecule has 1 saturated heterocycles. The molecule has 1 aromatic carbocycles. The van der Waals surface area contributed by atoms with Crippen LogP contribution in [0.25, 0.3) is 16.3 Å². The van der Waals surface area contributed by atoms with Crippen LogP contribution in [0.1, 0.15) is 51.0 Å². The number of aromatic nitrogens is 3. The second kappa shape index (κ2) is 9.97. The predicted molar refractivity (Wildman–Crippen MR) is 132 cm³/mol. The van der Waals surface area contributed by atoms with E-state index in [1.165, 1.54) is 11.3 Å². The maximum Gasteiger partial charge on any atom is 0.410 e. The van der Waals surface area contributed by atoms with E-state index < -0.39 is 5.60 Å². The predicted octanol–water partition coefficient (Wildman–Crippen LogP) is 4.86. The molecule has 34 heavy (non-hydrogen) atoms. The summed E-state index contributed by atoms with van der Waals surface area (Å²) in [4.78, 5) is 34.1. The van der Waals surface area contributed by atoms with Crippen LogP contribution in [-0.4, -0.2) is 67.8 Å². The van der Waals surface area contributed by atoms with Gasteiger partial charge in [0.1, 0.15) is 16.3 Å². The Labute approximate surface area is 204 Å². The molecule has 8 nitrogen and oxygen atoms in total. The number of nitrogens with zero attached hydrogens (tertiary/aromatic N) is 5. The lowest BCUT2D eigenvalue weighted by atomic mass is 10.2. The minimum absolute atomic E-state index is 0.0500. The lowest BCUT2D eigenvalue weighted by molar-refractivity contribution is 0.0275. The van der Waals surface area contributed by atoms with Crippen LogP contribution in [0.5, 0.6) is 0 Å². The highest BCUT2D eigenvalue weighted by Crippen LogP contribution is 2.26. The number of hydrogen-bond acceptors (Lipinski definition) is 6. The SMILES string of the molecule is CCCN(C(=O)c1csc(-c2cnn(-c3ccccc3)c2)n1)[C@@H]1CCN(C(=O)OC(C)(C)C)C1. The summed E-state index contributed by atoms with van der Waals surface area (Å²) in [6.07, 6.45) is 4.91. The molecule has 1 aliphatic rings. The quantitative estimate of drug-likeness (QED) is 0.502. The van der Waals surface area contributed by atoms with Gasteiger partial charge in [-0.3, -0.25) is 4.79 Å². The normalized spacial score (nSPS) is 16.0. The van der Waals surface area contributed by atoms with Crippen molar-refractivity contribution in [2.75, 3.05) is 19.6 Å². The Balaban J connectivity index is 1.46. The Hall–Kier alpha value is -3.20. The summed E-state index contributed by atoms with van der Waals surface area (Å²) in [6, 6.07) is 9.81. The first-order chi connectivity index (χ1) is 16.2. The summed E-state index contributed by atoms with van der Waals surface area (Å²) >= 11 is 1.43. The summed E-state index contributed by atoms with van der Waals surface area (Å²) in [5.74, 6) is -0.101. The molecule has 9 heteroatoms.